The molecule has 0 radical (unpaired) electrons. The summed E-state index contributed by atoms with van der Waals surface area (Å²) < 4.78 is 21.6. The van der Waals surface area contributed by atoms with Gasteiger partial charge in [0, 0.05) is 37.5 Å². The Morgan fingerprint density at radius 2 is 1.97 bits per heavy atom. The van der Waals surface area contributed by atoms with Crippen molar-refractivity contribution in [3.8, 4) is 5.69 Å². The fourth-order valence-corrected chi connectivity index (χ4v) is 4.23. The van der Waals surface area contributed by atoms with Crippen molar-refractivity contribution < 1.29 is 13.9 Å². The lowest BCUT2D eigenvalue weighted by Gasteiger charge is -2.37. The number of nitrogens with zero attached hydrogens (tertiary/aromatic N) is 4. The summed E-state index contributed by atoms with van der Waals surface area (Å²) in [6.07, 6.45) is 1.72. The van der Waals surface area contributed by atoms with Crippen LogP contribution in [-0.2, 0) is 11.3 Å². The maximum absolute atomic E-state index is 14.6. The van der Waals surface area contributed by atoms with Gasteiger partial charge in [0.05, 0.1) is 34.1 Å². The Hall–Kier alpha value is -2.74. The number of imidazole rings is 1. The van der Waals surface area contributed by atoms with Gasteiger partial charge in [0.25, 0.3) is 5.91 Å². The average molecular weight is 459 g/mol. The number of hydrogen-bond acceptors (Lipinski definition) is 4. The van der Waals surface area contributed by atoms with Gasteiger partial charge >= 0.3 is 0 Å². The lowest BCUT2D eigenvalue weighted by atomic mass is 10.00. The second-order valence-corrected chi connectivity index (χ2v) is 8.17. The third-order valence-corrected chi connectivity index (χ3v) is 6.35. The second-order valence-electron chi connectivity index (χ2n) is 7.38. The minimum absolute atomic E-state index is 0.0546. The van der Waals surface area contributed by atoms with E-state index < -0.39 is 5.82 Å². The van der Waals surface area contributed by atoms with Gasteiger partial charge in [-0.1, -0.05) is 35.3 Å². The Bertz CT molecular complexity index is 1230. The summed E-state index contributed by atoms with van der Waals surface area (Å²) in [5.41, 5.74) is 2.16. The van der Waals surface area contributed by atoms with Crippen molar-refractivity contribution in [3.05, 3.63) is 81.1 Å². The fourth-order valence-electron chi connectivity index (χ4n) is 3.83. The number of rotatable bonds is 3. The molecular formula is C22H17Cl2FN4O2. The molecule has 0 unspecified atom stereocenters. The summed E-state index contributed by atoms with van der Waals surface area (Å²) in [6.45, 7) is 1.22. The number of aliphatic imine (C=N–C) groups is 1. The fraction of sp³-hybridized carbons (Fsp3) is 0.227. The molecule has 31 heavy (non-hydrogen) atoms. The number of halogens is 3. The number of likely N-dealkylation sites (tertiary alicyclic amines) is 1. The summed E-state index contributed by atoms with van der Waals surface area (Å²) in [4.78, 5) is 23.6. The van der Waals surface area contributed by atoms with Crippen LogP contribution in [0.25, 0.3) is 5.69 Å². The highest BCUT2D eigenvalue weighted by Crippen LogP contribution is 2.36. The number of carbonyl (C=O) groups excluding carboxylic acids is 1. The summed E-state index contributed by atoms with van der Waals surface area (Å²) in [7, 11) is 1.63. The Balaban J connectivity index is 1.62. The number of ether oxygens (including phenoxy) is 1. The summed E-state index contributed by atoms with van der Waals surface area (Å²) in [6, 6.07) is 9.81. The molecule has 158 valence electrons. The van der Waals surface area contributed by atoms with Gasteiger partial charge in [0.1, 0.15) is 17.3 Å². The lowest BCUT2D eigenvalue weighted by Crippen LogP contribution is -2.54. The Labute approximate surface area is 187 Å². The van der Waals surface area contributed by atoms with E-state index in [1.54, 1.807) is 53.1 Å². The van der Waals surface area contributed by atoms with E-state index in [0.717, 1.165) is 0 Å². The van der Waals surface area contributed by atoms with Crippen molar-refractivity contribution in [2.45, 2.75) is 12.6 Å². The number of amides is 1. The van der Waals surface area contributed by atoms with E-state index in [1.165, 1.54) is 6.07 Å². The highest BCUT2D eigenvalue weighted by Gasteiger charge is 2.33. The van der Waals surface area contributed by atoms with Crippen LogP contribution < -0.4 is 0 Å². The number of methoxy groups -OCH3 is 1. The third kappa shape index (κ3) is 3.33. The van der Waals surface area contributed by atoms with Crippen molar-refractivity contribution >= 4 is 34.8 Å². The van der Waals surface area contributed by atoms with Crippen molar-refractivity contribution in [1.82, 2.24) is 14.5 Å². The molecule has 6 nitrogen and oxygen atoms in total. The zero-order chi connectivity index (χ0) is 21.7. The first kappa shape index (κ1) is 20.2. The monoisotopic (exact) mass is 458 g/mol. The molecule has 0 bridgehead atoms. The standard InChI is InChI=1S/C22H17Cl2FN4O2/c1-31-12-9-28(10-12)22(30)16-11-29-17-7-6-14(23)20(24)19(17)21(26-8-18(29)27-16)13-4-2-3-5-15(13)25/h2-7,11-12H,8-10H2,1H3. The van der Waals surface area contributed by atoms with Gasteiger partial charge in [-0.2, -0.15) is 0 Å². The van der Waals surface area contributed by atoms with Crippen LogP contribution in [-0.4, -0.2) is 52.4 Å². The molecule has 1 saturated heterocycles. The van der Waals surface area contributed by atoms with E-state index in [0.29, 0.717) is 52.2 Å². The molecule has 2 aliphatic heterocycles. The van der Waals surface area contributed by atoms with Crippen molar-refractivity contribution in [3.63, 3.8) is 0 Å². The Morgan fingerprint density at radius 3 is 2.71 bits per heavy atom. The van der Waals surface area contributed by atoms with Gasteiger partial charge in [-0.3, -0.25) is 9.79 Å². The van der Waals surface area contributed by atoms with E-state index >= 15 is 0 Å². The zero-order valence-corrected chi connectivity index (χ0v) is 18.0. The third-order valence-electron chi connectivity index (χ3n) is 5.54. The molecule has 3 heterocycles. The predicted molar refractivity (Wildman–Crippen MR) is 116 cm³/mol. The van der Waals surface area contributed by atoms with Crippen LogP contribution in [0.1, 0.15) is 27.4 Å². The molecule has 0 N–H and O–H groups in total. The van der Waals surface area contributed by atoms with Crippen LogP contribution in [0.15, 0.2) is 47.6 Å². The molecule has 0 saturated carbocycles. The normalized spacial score (nSPS) is 15.6. The SMILES string of the molecule is COC1CN(C(=O)c2cn3c(n2)CN=C(c2ccccc2F)c2c-3ccc(Cl)c2Cl)C1. The number of aromatic nitrogens is 2. The molecule has 2 aliphatic rings. The van der Waals surface area contributed by atoms with Gasteiger partial charge in [0.15, 0.2) is 0 Å². The lowest BCUT2D eigenvalue weighted by molar-refractivity contribution is -0.0194. The minimum Gasteiger partial charge on any atom is -0.378 e. The molecule has 1 fully saturated rings. The average Bonchev–Trinajstić information content (AvgIpc) is 3.09. The molecule has 2 aromatic carbocycles. The number of benzene rings is 2. The van der Waals surface area contributed by atoms with E-state index in [-0.39, 0.29) is 23.6 Å². The molecule has 5 rings (SSSR count). The summed E-state index contributed by atoms with van der Waals surface area (Å²) in [5.74, 6) is -0.0314. The van der Waals surface area contributed by atoms with Crippen molar-refractivity contribution in [1.29, 1.82) is 0 Å². The Morgan fingerprint density at radius 1 is 1.19 bits per heavy atom. The quantitative estimate of drug-likeness (QED) is 0.592. The number of fused-ring (bicyclic) bond motifs is 3. The highest BCUT2D eigenvalue weighted by atomic mass is 35.5. The van der Waals surface area contributed by atoms with Gasteiger partial charge < -0.3 is 14.2 Å². The van der Waals surface area contributed by atoms with Crippen LogP contribution in [0, 0.1) is 5.82 Å². The molecule has 0 aliphatic carbocycles. The molecule has 1 amide bonds. The van der Waals surface area contributed by atoms with Gasteiger partial charge in [-0.25, -0.2) is 9.37 Å². The Kier molecular flexibility index (Phi) is 5.04. The van der Waals surface area contributed by atoms with Crippen molar-refractivity contribution in [2.24, 2.45) is 4.99 Å². The van der Waals surface area contributed by atoms with E-state index in [9.17, 15) is 9.18 Å². The van der Waals surface area contributed by atoms with E-state index in [1.807, 2.05) is 0 Å². The first-order valence-corrected chi connectivity index (χ1v) is 10.4. The first-order valence-electron chi connectivity index (χ1n) is 9.66. The molecule has 1 aromatic heterocycles. The van der Waals surface area contributed by atoms with E-state index in [2.05, 4.69) is 9.98 Å². The van der Waals surface area contributed by atoms with Crippen LogP contribution in [0.4, 0.5) is 4.39 Å². The number of hydrogen-bond donors (Lipinski definition) is 0. The van der Waals surface area contributed by atoms with Gasteiger partial charge in [0.2, 0.25) is 0 Å². The minimum atomic E-state index is -0.413. The van der Waals surface area contributed by atoms with Crippen LogP contribution >= 0.6 is 23.2 Å². The largest absolute Gasteiger partial charge is 0.378 e. The van der Waals surface area contributed by atoms with Gasteiger partial charge in [-0.15, -0.1) is 0 Å². The van der Waals surface area contributed by atoms with E-state index in [4.69, 9.17) is 27.9 Å². The topological polar surface area (TPSA) is 59.7 Å². The van der Waals surface area contributed by atoms with Crippen LogP contribution in [0.5, 0.6) is 0 Å². The molecular weight excluding hydrogens is 442 g/mol. The number of carbonyl (C=O) groups is 1. The van der Waals surface area contributed by atoms with Crippen LogP contribution in [0.3, 0.4) is 0 Å². The smallest absolute Gasteiger partial charge is 0.274 e. The maximum Gasteiger partial charge on any atom is 0.274 e. The molecule has 0 atom stereocenters. The van der Waals surface area contributed by atoms with Gasteiger partial charge in [-0.05, 0) is 24.3 Å². The maximum atomic E-state index is 14.6. The molecule has 0 spiro atoms. The predicted octanol–water partition coefficient (Wildman–Crippen LogP) is 4.14. The molecule has 9 heteroatoms. The highest BCUT2D eigenvalue weighted by molar-refractivity contribution is 6.45. The summed E-state index contributed by atoms with van der Waals surface area (Å²) in [5, 5.41) is 0.594. The summed E-state index contributed by atoms with van der Waals surface area (Å²) >= 11 is 12.9. The molecule has 3 aromatic rings. The first-order chi connectivity index (χ1) is 15.0. The van der Waals surface area contributed by atoms with Crippen molar-refractivity contribution in [2.75, 3.05) is 20.2 Å². The van der Waals surface area contributed by atoms with Crippen LogP contribution in [0.2, 0.25) is 10.0 Å². The second kappa shape index (κ2) is 7.75. The zero-order valence-electron chi connectivity index (χ0n) is 16.5.